The molecule has 0 bridgehead atoms. The van der Waals surface area contributed by atoms with Gasteiger partial charge in [0.1, 0.15) is 0 Å². The molecule has 1 aromatic carbocycles. The topological polar surface area (TPSA) is 49.6 Å². The Balaban J connectivity index is 1.93. The minimum Gasteiger partial charge on any atom is -0.399 e. The van der Waals surface area contributed by atoms with Crippen molar-refractivity contribution in [2.24, 2.45) is 0 Å². The van der Waals surface area contributed by atoms with Crippen molar-refractivity contribution in [2.45, 2.75) is 31.2 Å². The first-order valence-corrected chi connectivity index (χ1v) is 7.19. The third-order valence-electron chi connectivity index (χ3n) is 4.53. The fraction of sp³-hybridized carbons (Fsp3) is 0.562. The molecule has 1 aliphatic carbocycles. The Morgan fingerprint density at radius 3 is 2.25 bits per heavy atom. The zero-order chi connectivity index (χ0) is 14.8. The van der Waals surface area contributed by atoms with Gasteiger partial charge in [-0.15, -0.1) is 0 Å². The Kier molecular flexibility index (Phi) is 4.33. The van der Waals surface area contributed by atoms with Crippen LogP contribution in [0.2, 0.25) is 0 Å². The van der Waals surface area contributed by atoms with Gasteiger partial charge < -0.3 is 15.5 Å². The first-order chi connectivity index (χ1) is 9.43. The average molecular weight is 275 g/mol. The lowest BCUT2D eigenvalue weighted by Crippen LogP contribution is -2.57. The third-order valence-corrected chi connectivity index (χ3v) is 4.53. The number of nitrogens with zero attached hydrogens (tertiary/aromatic N) is 2. The van der Waals surface area contributed by atoms with Crippen LogP contribution in [0.15, 0.2) is 24.3 Å². The zero-order valence-electron chi connectivity index (χ0n) is 12.7. The summed E-state index contributed by atoms with van der Waals surface area (Å²) < 4.78 is 0. The van der Waals surface area contributed by atoms with Crippen molar-refractivity contribution in [3.05, 3.63) is 29.8 Å². The fourth-order valence-electron chi connectivity index (χ4n) is 2.81. The molecule has 1 aromatic rings. The number of carbonyl (C=O) groups excluding carboxylic acids is 1. The summed E-state index contributed by atoms with van der Waals surface area (Å²) in [4.78, 5) is 16.5. The van der Waals surface area contributed by atoms with E-state index in [-0.39, 0.29) is 11.4 Å². The molecule has 1 fully saturated rings. The molecule has 0 spiro atoms. The van der Waals surface area contributed by atoms with Crippen molar-refractivity contribution in [3.8, 4) is 0 Å². The number of benzene rings is 1. The van der Waals surface area contributed by atoms with Crippen LogP contribution in [0.1, 0.15) is 24.8 Å². The predicted molar refractivity (Wildman–Crippen MR) is 82.5 cm³/mol. The summed E-state index contributed by atoms with van der Waals surface area (Å²) in [7, 11) is 6.12. The maximum Gasteiger partial charge on any atom is 0.226 e. The summed E-state index contributed by atoms with van der Waals surface area (Å²) in [5, 5.41) is 0. The smallest absolute Gasteiger partial charge is 0.226 e. The van der Waals surface area contributed by atoms with Crippen LogP contribution in [0.3, 0.4) is 0 Å². The largest absolute Gasteiger partial charge is 0.399 e. The molecule has 0 aliphatic heterocycles. The minimum atomic E-state index is 0.169. The van der Waals surface area contributed by atoms with Gasteiger partial charge in [-0.3, -0.25) is 4.79 Å². The van der Waals surface area contributed by atoms with E-state index in [1.165, 1.54) is 19.3 Å². The summed E-state index contributed by atoms with van der Waals surface area (Å²) in [6.07, 6.45) is 4.07. The highest BCUT2D eigenvalue weighted by molar-refractivity contribution is 5.78. The highest BCUT2D eigenvalue weighted by atomic mass is 16.2. The maximum atomic E-state index is 12.3. The van der Waals surface area contributed by atoms with E-state index in [4.69, 9.17) is 5.73 Å². The second-order valence-corrected chi connectivity index (χ2v) is 6.14. The van der Waals surface area contributed by atoms with Crippen molar-refractivity contribution >= 4 is 11.6 Å². The van der Waals surface area contributed by atoms with Crippen LogP contribution in [0.4, 0.5) is 5.69 Å². The molecular weight excluding hydrogens is 250 g/mol. The fourth-order valence-corrected chi connectivity index (χ4v) is 2.81. The van der Waals surface area contributed by atoms with Crippen LogP contribution in [0, 0.1) is 0 Å². The molecule has 1 aliphatic rings. The molecule has 20 heavy (non-hydrogen) atoms. The van der Waals surface area contributed by atoms with Crippen molar-refractivity contribution in [1.82, 2.24) is 9.80 Å². The van der Waals surface area contributed by atoms with Crippen molar-refractivity contribution in [3.63, 3.8) is 0 Å². The molecule has 1 amide bonds. The normalized spacial score (nSPS) is 16.8. The molecule has 0 saturated heterocycles. The number of anilines is 1. The molecule has 2 rings (SSSR count). The Labute approximate surface area is 121 Å². The summed E-state index contributed by atoms with van der Waals surface area (Å²) in [5.74, 6) is 0.169. The lowest BCUT2D eigenvalue weighted by Gasteiger charge is -2.49. The van der Waals surface area contributed by atoms with Crippen LogP contribution < -0.4 is 5.73 Å². The van der Waals surface area contributed by atoms with E-state index in [1.54, 1.807) is 0 Å². The molecular formula is C16H25N3O. The van der Waals surface area contributed by atoms with Crippen LogP contribution in [0.5, 0.6) is 0 Å². The van der Waals surface area contributed by atoms with Gasteiger partial charge in [-0.25, -0.2) is 0 Å². The second-order valence-electron chi connectivity index (χ2n) is 6.14. The molecule has 110 valence electrons. The first kappa shape index (κ1) is 14.9. The average Bonchev–Trinajstić information content (AvgIpc) is 2.35. The molecule has 0 radical (unpaired) electrons. The number of nitrogens with two attached hydrogens (primary N) is 1. The number of nitrogen functional groups attached to an aromatic ring is 1. The number of amides is 1. The van der Waals surface area contributed by atoms with Crippen LogP contribution in [0.25, 0.3) is 0 Å². The molecule has 4 nitrogen and oxygen atoms in total. The lowest BCUT2D eigenvalue weighted by molar-refractivity contribution is -0.131. The molecule has 4 heteroatoms. The second kappa shape index (κ2) is 5.83. The van der Waals surface area contributed by atoms with E-state index in [2.05, 4.69) is 19.0 Å². The van der Waals surface area contributed by atoms with Gasteiger partial charge in [0.2, 0.25) is 5.91 Å². The SMILES string of the molecule is CN(CC1(N(C)C)CCC1)C(=O)Cc1ccc(N)cc1. The van der Waals surface area contributed by atoms with Gasteiger partial charge >= 0.3 is 0 Å². The third kappa shape index (κ3) is 3.12. The van der Waals surface area contributed by atoms with Gasteiger partial charge in [0.15, 0.2) is 0 Å². The van der Waals surface area contributed by atoms with Gasteiger partial charge in [0.05, 0.1) is 6.42 Å². The van der Waals surface area contributed by atoms with E-state index in [0.717, 1.165) is 17.8 Å². The summed E-state index contributed by atoms with van der Waals surface area (Å²) in [6.45, 7) is 0.813. The van der Waals surface area contributed by atoms with Gasteiger partial charge in [0.25, 0.3) is 0 Å². The molecule has 2 N–H and O–H groups in total. The number of hydrogen-bond donors (Lipinski definition) is 1. The standard InChI is InChI=1S/C16H25N3O/c1-18(2)16(9-4-10-16)12-19(3)15(20)11-13-5-7-14(17)8-6-13/h5-8H,4,9-12,17H2,1-3H3. The highest BCUT2D eigenvalue weighted by Crippen LogP contribution is 2.36. The summed E-state index contributed by atoms with van der Waals surface area (Å²) >= 11 is 0. The Hall–Kier alpha value is -1.55. The highest BCUT2D eigenvalue weighted by Gasteiger charge is 2.40. The zero-order valence-corrected chi connectivity index (χ0v) is 12.7. The van der Waals surface area contributed by atoms with Crippen molar-refractivity contribution in [1.29, 1.82) is 0 Å². The number of carbonyl (C=O) groups is 1. The van der Waals surface area contributed by atoms with Crippen molar-refractivity contribution in [2.75, 3.05) is 33.4 Å². The van der Waals surface area contributed by atoms with E-state index >= 15 is 0 Å². The van der Waals surface area contributed by atoms with Crippen LogP contribution in [-0.4, -0.2) is 48.9 Å². The molecule has 0 atom stereocenters. The van der Waals surface area contributed by atoms with Crippen LogP contribution >= 0.6 is 0 Å². The molecule has 0 aromatic heterocycles. The van der Waals surface area contributed by atoms with E-state index in [0.29, 0.717) is 6.42 Å². The minimum absolute atomic E-state index is 0.169. The summed E-state index contributed by atoms with van der Waals surface area (Å²) in [6, 6.07) is 7.53. The Bertz CT molecular complexity index is 463. The molecule has 0 heterocycles. The number of likely N-dealkylation sites (N-methyl/N-ethyl adjacent to an activating group) is 2. The number of rotatable bonds is 5. The van der Waals surface area contributed by atoms with Gasteiger partial charge in [-0.1, -0.05) is 12.1 Å². The molecule has 0 unspecified atom stereocenters. The van der Waals surface area contributed by atoms with Crippen LogP contribution in [-0.2, 0) is 11.2 Å². The Morgan fingerprint density at radius 2 is 1.80 bits per heavy atom. The van der Waals surface area contributed by atoms with Gasteiger partial charge in [-0.2, -0.15) is 0 Å². The van der Waals surface area contributed by atoms with Gasteiger partial charge in [-0.05, 0) is 51.1 Å². The monoisotopic (exact) mass is 275 g/mol. The van der Waals surface area contributed by atoms with E-state index in [1.807, 2.05) is 36.2 Å². The molecule has 1 saturated carbocycles. The Morgan fingerprint density at radius 1 is 1.20 bits per heavy atom. The van der Waals surface area contributed by atoms with Crippen molar-refractivity contribution < 1.29 is 4.79 Å². The first-order valence-electron chi connectivity index (χ1n) is 7.19. The van der Waals surface area contributed by atoms with E-state index in [9.17, 15) is 4.79 Å². The van der Waals surface area contributed by atoms with Gasteiger partial charge in [0, 0.05) is 24.8 Å². The quantitative estimate of drug-likeness (QED) is 0.833. The lowest BCUT2D eigenvalue weighted by atomic mass is 9.75. The van der Waals surface area contributed by atoms with E-state index < -0.39 is 0 Å². The predicted octanol–water partition coefficient (Wildman–Crippen LogP) is 1.75. The summed E-state index contributed by atoms with van der Waals surface area (Å²) in [5.41, 5.74) is 7.59. The maximum absolute atomic E-state index is 12.3. The number of hydrogen-bond acceptors (Lipinski definition) is 3.